The first-order chi connectivity index (χ1) is 10.2. The van der Waals surface area contributed by atoms with E-state index in [1.54, 1.807) is 10.7 Å². The Labute approximate surface area is 130 Å². The summed E-state index contributed by atoms with van der Waals surface area (Å²) in [5.41, 5.74) is 3.84. The molecule has 0 saturated heterocycles. The van der Waals surface area contributed by atoms with Crippen molar-refractivity contribution in [1.29, 1.82) is 10.5 Å². The van der Waals surface area contributed by atoms with Crippen molar-refractivity contribution in [3.63, 3.8) is 0 Å². The van der Waals surface area contributed by atoms with Crippen molar-refractivity contribution in [3.05, 3.63) is 57.8 Å². The van der Waals surface area contributed by atoms with Gasteiger partial charge in [-0.2, -0.15) is 15.6 Å². The molecule has 0 unspecified atom stereocenters. The molecule has 3 rings (SSSR count). The molecule has 2 heterocycles. The molecule has 0 bridgehead atoms. The normalized spacial score (nSPS) is 10.3. The summed E-state index contributed by atoms with van der Waals surface area (Å²) < 4.78 is 2.37. The molecule has 1 aromatic carbocycles. The highest BCUT2D eigenvalue weighted by molar-refractivity contribution is 9.10. The Morgan fingerprint density at radius 3 is 2.38 bits per heavy atom. The van der Waals surface area contributed by atoms with E-state index in [0.29, 0.717) is 22.2 Å². The minimum atomic E-state index is 0.452. The van der Waals surface area contributed by atoms with Gasteiger partial charge in [-0.15, -0.1) is 0 Å². The molecule has 0 N–H and O–H groups in total. The Kier molecular flexibility index (Phi) is 3.21. The number of halogens is 1. The van der Waals surface area contributed by atoms with Crippen LogP contribution in [0.25, 0.3) is 16.6 Å². The molecule has 100 valence electrons. The van der Waals surface area contributed by atoms with E-state index >= 15 is 0 Å². The lowest BCUT2D eigenvalue weighted by Crippen LogP contribution is -2.03. The molecule has 21 heavy (non-hydrogen) atoms. The van der Waals surface area contributed by atoms with E-state index in [9.17, 15) is 10.5 Å². The van der Waals surface area contributed by atoms with Crippen LogP contribution in [0.1, 0.15) is 16.8 Å². The van der Waals surface area contributed by atoms with Crippen molar-refractivity contribution in [1.82, 2.24) is 9.61 Å². The van der Waals surface area contributed by atoms with Crippen molar-refractivity contribution < 1.29 is 0 Å². The van der Waals surface area contributed by atoms with Gasteiger partial charge < -0.3 is 0 Å². The van der Waals surface area contributed by atoms with Gasteiger partial charge in [0.15, 0.2) is 0 Å². The third kappa shape index (κ3) is 1.91. The Bertz CT molecular complexity index is 927. The number of hydrogen-bond acceptors (Lipinski definition) is 3. The highest BCUT2D eigenvalue weighted by atomic mass is 79.9. The lowest BCUT2D eigenvalue weighted by Gasteiger charge is -2.12. The summed E-state index contributed by atoms with van der Waals surface area (Å²) in [4.78, 5) is 0. The van der Waals surface area contributed by atoms with Gasteiger partial charge in [0.05, 0.1) is 33.0 Å². The standard InChI is InChI=1S/C16H9BrN4/c1-10-12(7-18)15(11-5-3-2-4-6-11)13(8-19)16-14(17)9-20-21(10)16/h2-6,9H,1H3. The summed E-state index contributed by atoms with van der Waals surface area (Å²) in [5, 5.41) is 23.4. The van der Waals surface area contributed by atoms with Crippen molar-refractivity contribution in [3.8, 4) is 23.3 Å². The van der Waals surface area contributed by atoms with Crippen LogP contribution < -0.4 is 0 Å². The lowest BCUT2D eigenvalue weighted by atomic mass is 9.94. The van der Waals surface area contributed by atoms with Gasteiger partial charge in [-0.05, 0) is 28.4 Å². The predicted octanol–water partition coefficient (Wildman–Crippen LogP) is 3.82. The average molecular weight is 337 g/mol. The minimum Gasteiger partial charge on any atom is -0.234 e. The van der Waals surface area contributed by atoms with Gasteiger partial charge in [-0.1, -0.05) is 30.3 Å². The first-order valence-corrected chi connectivity index (χ1v) is 7.03. The Morgan fingerprint density at radius 1 is 1.10 bits per heavy atom. The summed E-state index contributed by atoms with van der Waals surface area (Å²) in [6, 6.07) is 13.9. The zero-order valence-corrected chi connectivity index (χ0v) is 12.7. The molecule has 0 saturated carbocycles. The molecule has 0 aliphatic rings. The van der Waals surface area contributed by atoms with Gasteiger partial charge in [0.1, 0.15) is 12.1 Å². The maximum atomic E-state index is 9.61. The molecule has 0 aliphatic heterocycles. The van der Waals surface area contributed by atoms with Crippen LogP contribution in [-0.4, -0.2) is 9.61 Å². The van der Waals surface area contributed by atoms with E-state index < -0.39 is 0 Å². The number of nitrogens with zero attached hydrogens (tertiary/aromatic N) is 4. The lowest BCUT2D eigenvalue weighted by molar-refractivity contribution is 0.908. The van der Waals surface area contributed by atoms with Crippen LogP contribution >= 0.6 is 15.9 Å². The maximum absolute atomic E-state index is 9.61. The second-order valence-electron chi connectivity index (χ2n) is 4.55. The zero-order valence-electron chi connectivity index (χ0n) is 11.1. The largest absolute Gasteiger partial charge is 0.234 e. The number of pyridine rings is 1. The second-order valence-corrected chi connectivity index (χ2v) is 5.41. The van der Waals surface area contributed by atoms with Crippen LogP contribution in [0.5, 0.6) is 0 Å². The van der Waals surface area contributed by atoms with Gasteiger partial charge in [0.25, 0.3) is 0 Å². The second kappa shape index (κ2) is 5.05. The van der Waals surface area contributed by atoms with Crippen LogP contribution in [0.4, 0.5) is 0 Å². The smallest absolute Gasteiger partial charge is 0.102 e. The summed E-state index contributed by atoms with van der Waals surface area (Å²) in [7, 11) is 0. The van der Waals surface area contributed by atoms with E-state index in [2.05, 4.69) is 33.2 Å². The zero-order chi connectivity index (χ0) is 15.0. The highest BCUT2D eigenvalue weighted by Crippen LogP contribution is 2.34. The number of benzene rings is 1. The van der Waals surface area contributed by atoms with Crippen LogP contribution in [0.2, 0.25) is 0 Å². The molecule has 4 nitrogen and oxygen atoms in total. The quantitative estimate of drug-likeness (QED) is 0.678. The molecular formula is C16H9BrN4. The highest BCUT2D eigenvalue weighted by Gasteiger charge is 2.21. The fourth-order valence-electron chi connectivity index (χ4n) is 2.48. The third-order valence-corrected chi connectivity index (χ3v) is 4.01. The number of aryl methyl sites for hydroxylation is 1. The van der Waals surface area contributed by atoms with Gasteiger partial charge in [0, 0.05) is 5.56 Å². The van der Waals surface area contributed by atoms with Crippen molar-refractivity contribution in [2.75, 3.05) is 0 Å². The Balaban J connectivity index is 2.57. The Morgan fingerprint density at radius 2 is 1.76 bits per heavy atom. The minimum absolute atomic E-state index is 0.452. The van der Waals surface area contributed by atoms with Crippen LogP contribution in [0, 0.1) is 29.6 Å². The van der Waals surface area contributed by atoms with Crippen LogP contribution in [-0.2, 0) is 0 Å². The molecular weight excluding hydrogens is 328 g/mol. The van der Waals surface area contributed by atoms with E-state index in [1.165, 1.54) is 0 Å². The van der Waals surface area contributed by atoms with Crippen molar-refractivity contribution in [2.24, 2.45) is 0 Å². The van der Waals surface area contributed by atoms with Crippen molar-refractivity contribution in [2.45, 2.75) is 6.92 Å². The number of aromatic nitrogens is 2. The summed E-state index contributed by atoms with van der Waals surface area (Å²) in [5.74, 6) is 0. The first kappa shape index (κ1) is 13.4. The molecule has 0 aliphatic carbocycles. The number of hydrogen-bond donors (Lipinski definition) is 0. The summed E-state index contributed by atoms with van der Waals surface area (Å²) in [6.45, 7) is 1.83. The fraction of sp³-hybridized carbons (Fsp3) is 0.0625. The predicted molar refractivity (Wildman–Crippen MR) is 82.5 cm³/mol. The van der Waals surface area contributed by atoms with Gasteiger partial charge in [0.2, 0.25) is 0 Å². The average Bonchev–Trinajstić information content (AvgIpc) is 2.90. The molecule has 0 atom stereocenters. The van der Waals surface area contributed by atoms with E-state index in [-0.39, 0.29) is 0 Å². The summed E-state index contributed by atoms with van der Waals surface area (Å²) in [6.07, 6.45) is 1.64. The number of rotatable bonds is 1. The number of nitriles is 2. The van der Waals surface area contributed by atoms with E-state index in [1.807, 2.05) is 37.3 Å². The topological polar surface area (TPSA) is 64.9 Å². The van der Waals surface area contributed by atoms with Crippen molar-refractivity contribution >= 4 is 21.4 Å². The molecule has 5 heteroatoms. The van der Waals surface area contributed by atoms with Gasteiger partial charge in [-0.3, -0.25) is 0 Å². The molecule has 0 amide bonds. The SMILES string of the molecule is Cc1c(C#N)c(-c2ccccc2)c(C#N)c2c(Br)cnn12. The Hall–Kier alpha value is -2.63. The van der Waals surface area contributed by atoms with Gasteiger partial charge >= 0.3 is 0 Å². The maximum Gasteiger partial charge on any atom is 0.102 e. The fourth-order valence-corrected chi connectivity index (χ4v) is 2.94. The molecule has 0 fully saturated rings. The van der Waals surface area contributed by atoms with Crippen LogP contribution in [0.3, 0.4) is 0 Å². The molecule has 0 spiro atoms. The van der Waals surface area contributed by atoms with Gasteiger partial charge in [-0.25, -0.2) is 4.52 Å². The molecule has 3 aromatic rings. The van der Waals surface area contributed by atoms with E-state index in [4.69, 9.17) is 0 Å². The molecule has 0 radical (unpaired) electrons. The third-order valence-electron chi connectivity index (χ3n) is 3.43. The van der Waals surface area contributed by atoms with Crippen LogP contribution in [0.15, 0.2) is 41.0 Å². The number of fused-ring (bicyclic) bond motifs is 1. The first-order valence-electron chi connectivity index (χ1n) is 6.24. The summed E-state index contributed by atoms with van der Waals surface area (Å²) >= 11 is 3.43. The molecule has 2 aromatic heterocycles. The van der Waals surface area contributed by atoms with E-state index in [0.717, 1.165) is 15.7 Å². The monoisotopic (exact) mass is 336 g/mol.